The van der Waals surface area contributed by atoms with E-state index in [2.05, 4.69) is 15.9 Å². The van der Waals surface area contributed by atoms with Crippen molar-refractivity contribution in [3.63, 3.8) is 0 Å². The summed E-state index contributed by atoms with van der Waals surface area (Å²) in [6, 6.07) is 6.27. The summed E-state index contributed by atoms with van der Waals surface area (Å²) >= 11 is 3.14. The van der Waals surface area contributed by atoms with Crippen LogP contribution in [0.4, 0.5) is 14.5 Å². The van der Waals surface area contributed by atoms with Crippen molar-refractivity contribution in [1.82, 2.24) is 0 Å². The van der Waals surface area contributed by atoms with E-state index in [1.165, 1.54) is 31.4 Å². The number of rotatable bonds is 3. The Balaban J connectivity index is 2.37. The van der Waals surface area contributed by atoms with Crippen LogP contribution in [0.5, 0.6) is 17.2 Å². The first-order chi connectivity index (χ1) is 9.01. The molecule has 2 N–H and O–H groups in total. The normalized spacial score (nSPS) is 10.3. The van der Waals surface area contributed by atoms with Gasteiger partial charge in [-0.25, -0.2) is 8.78 Å². The van der Waals surface area contributed by atoms with Crippen LogP contribution in [0, 0.1) is 11.6 Å². The zero-order valence-electron chi connectivity index (χ0n) is 9.91. The molecule has 2 rings (SSSR count). The van der Waals surface area contributed by atoms with Crippen LogP contribution in [0.2, 0.25) is 0 Å². The highest BCUT2D eigenvalue weighted by Crippen LogP contribution is 2.35. The maximum atomic E-state index is 13.7. The second-order valence-electron chi connectivity index (χ2n) is 3.70. The summed E-state index contributed by atoms with van der Waals surface area (Å²) in [7, 11) is 1.42. The summed E-state index contributed by atoms with van der Waals surface area (Å²) < 4.78 is 37.4. The second-order valence-corrected chi connectivity index (χ2v) is 4.56. The lowest BCUT2D eigenvalue weighted by Gasteiger charge is -2.11. The van der Waals surface area contributed by atoms with E-state index < -0.39 is 11.6 Å². The molecule has 0 atom stereocenters. The summed E-state index contributed by atoms with van der Waals surface area (Å²) in [5.74, 6) is -0.524. The van der Waals surface area contributed by atoms with Gasteiger partial charge in [0.1, 0.15) is 17.3 Å². The Hall–Kier alpha value is -1.82. The zero-order chi connectivity index (χ0) is 14.0. The van der Waals surface area contributed by atoms with Crippen LogP contribution in [0.25, 0.3) is 0 Å². The number of ether oxygens (including phenoxy) is 2. The Morgan fingerprint density at radius 3 is 2.42 bits per heavy atom. The first kappa shape index (κ1) is 13.6. The number of halogens is 3. The number of hydrogen-bond acceptors (Lipinski definition) is 3. The van der Waals surface area contributed by atoms with Crippen LogP contribution >= 0.6 is 15.9 Å². The molecule has 3 nitrogen and oxygen atoms in total. The average Bonchev–Trinajstić information content (AvgIpc) is 2.35. The molecule has 0 unspecified atom stereocenters. The van der Waals surface area contributed by atoms with Crippen molar-refractivity contribution >= 4 is 21.6 Å². The molecule has 0 saturated heterocycles. The predicted molar refractivity (Wildman–Crippen MR) is 71.5 cm³/mol. The quantitative estimate of drug-likeness (QED) is 0.862. The van der Waals surface area contributed by atoms with E-state index in [1.54, 1.807) is 0 Å². The van der Waals surface area contributed by atoms with Crippen molar-refractivity contribution in [1.29, 1.82) is 0 Å². The summed E-state index contributed by atoms with van der Waals surface area (Å²) in [6.45, 7) is 0. The monoisotopic (exact) mass is 329 g/mol. The number of nitrogens with two attached hydrogens (primary N) is 1. The standard InChI is InChI=1S/C13H10BrF2NO2/c1-18-13-6-12(9(16)5-10(13)17)19-11-3-2-7(15)4-8(11)14/h2-6H,17H2,1H3. The van der Waals surface area contributed by atoms with Gasteiger partial charge in [-0.2, -0.15) is 0 Å². The van der Waals surface area contributed by atoms with E-state index >= 15 is 0 Å². The van der Waals surface area contributed by atoms with Gasteiger partial charge in [-0.1, -0.05) is 0 Å². The van der Waals surface area contributed by atoms with Gasteiger partial charge in [-0.15, -0.1) is 0 Å². The summed E-state index contributed by atoms with van der Waals surface area (Å²) in [5.41, 5.74) is 5.74. The van der Waals surface area contributed by atoms with E-state index in [0.29, 0.717) is 10.2 Å². The third-order valence-electron chi connectivity index (χ3n) is 2.40. The lowest BCUT2D eigenvalue weighted by Crippen LogP contribution is -1.96. The number of methoxy groups -OCH3 is 1. The van der Waals surface area contributed by atoms with E-state index in [0.717, 1.165) is 6.07 Å². The highest BCUT2D eigenvalue weighted by atomic mass is 79.9. The lowest BCUT2D eigenvalue weighted by molar-refractivity contribution is 0.402. The van der Waals surface area contributed by atoms with Crippen molar-refractivity contribution in [3.8, 4) is 17.2 Å². The van der Waals surface area contributed by atoms with E-state index in [1.807, 2.05) is 0 Å². The van der Waals surface area contributed by atoms with Crippen molar-refractivity contribution in [2.45, 2.75) is 0 Å². The minimum absolute atomic E-state index is 0.0571. The molecule has 0 aliphatic heterocycles. The van der Waals surface area contributed by atoms with Crippen LogP contribution in [-0.2, 0) is 0 Å². The maximum absolute atomic E-state index is 13.7. The van der Waals surface area contributed by atoms with E-state index in [-0.39, 0.29) is 17.2 Å². The summed E-state index contributed by atoms with van der Waals surface area (Å²) in [4.78, 5) is 0. The van der Waals surface area contributed by atoms with Gasteiger partial charge in [0.05, 0.1) is 17.3 Å². The Labute approximate surface area is 117 Å². The van der Waals surface area contributed by atoms with E-state index in [9.17, 15) is 8.78 Å². The molecule has 6 heteroatoms. The Bertz CT molecular complexity index is 620. The van der Waals surface area contributed by atoms with Gasteiger partial charge in [0.2, 0.25) is 0 Å². The highest BCUT2D eigenvalue weighted by molar-refractivity contribution is 9.10. The Kier molecular flexibility index (Phi) is 3.90. The Morgan fingerprint density at radius 1 is 1.05 bits per heavy atom. The fourth-order valence-electron chi connectivity index (χ4n) is 1.48. The van der Waals surface area contributed by atoms with Gasteiger partial charge in [-0.3, -0.25) is 0 Å². The van der Waals surface area contributed by atoms with Crippen LogP contribution < -0.4 is 15.2 Å². The Morgan fingerprint density at radius 2 is 1.79 bits per heavy atom. The lowest BCUT2D eigenvalue weighted by atomic mass is 10.2. The molecule has 100 valence electrons. The maximum Gasteiger partial charge on any atom is 0.168 e. The SMILES string of the molecule is COc1cc(Oc2ccc(F)cc2Br)c(F)cc1N. The molecule has 0 fully saturated rings. The fourth-order valence-corrected chi connectivity index (χ4v) is 1.91. The molecular formula is C13H10BrF2NO2. The van der Waals surface area contributed by atoms with Gasteiger partial charge in [0.15, 0.2) is 11.6 Å². The average molecular weight is 330 g/mol. The largest absolute Gasteiger partial charge is 0.494 e. The predicted octanol–water partition coefficient (Wildman–Crippen LogP) is 4.11. The highest BCUT2D eigenvalue weighted by Gasteiger charge is 2.12. The van der Waals surface area contributed by atoms with Crippen LogP contribution in [0.1, 0.15) is 0 Å². The number of benzene rings is 2. The smallest absolute Gasteiger partial charge is 0.168 e. The summed E-state index contributed by atoms with van der Waals surface area (Å²) in [6.07, 6.45) is 0. The van der Waals surface area contributed by atoms with Crippen molar-refractivity contribution in [2.75, 3.05) is 12.8 Å². The van der Waals surface area contributed by atoms with E-state index in [4.69, 9.17) is 15.2 Å². The second kappa shape index (κ2) is 5.44. The molecule has 0 heterocycles. The molecule has 19 heavy (non-hydrogen) atoms. The minimum Gasteiger partial charge on any atom is -0.494 e. The van der Waals surface area contributed by atoms with Crippen molar-refractivity contribution in [3.05, 3.63) is 46.4 Å². The molecule has 0 radical (unpaired) electrons. The molecule has 0 aliphatic carbocycles. The van der Waals surface area contributed by atoms with Crippen LogP contribution in [0.15, 0.2) is 34.8 Å². The van der Waals surface area contributed by atoms with Gasteiger partial charge < -0.3 is 15.2 Å². The third-order valence-corrected chi connectivity index (χ3v) is 3.02. The first-order valence-corrected chi connectivity index (χ1v) is 6.06. The number of hydrogen-bond donors (Lipinski definition) is 1. The molecule has 0 spiro atoms. The van der Waals surface area contributed by atoms with Crippen LogP contribution in [-0.4, -0.2) is 7.11 Å². The summed E-state index contributed by atoms with van der Waals surface area (Å²) in [5, 5.41) is 0. The van der Waals surface area contributed by atoms with Gasteiger partial charge in [-0.05, 0) is 34.1 Å². The van der Waals surface area contributed by atoms with Gasteiger partial charge in [0, 0.05) is 12.1 Å². The van der Waals surface area contributed by atoms with Crippen LogP contribution in [0.3, 0.4) is 0 Å². The molecule has 0 amide bonds. The van der Waals surface area contributed by atoms with Gasteiger partial charge >= 0.3 is 0 Å². The molecule has 2 aromatic carbocycles. The molecule has 0 aliphatic rings. The molecule has 0 aromatic heterocycles. The van der Waals surface area contributed by atoms with Gasteiger partial charge in [0.25, 0.3) is 0 Å². The van der Waals surface area contributed by atoms with Crippen molar-refractivity contribution < 1.29 is 18.3 Å². The third kappa shape index (κ3) is 2.96. The first-order valence-electron chi connectivity index (χ1n) is 5.27. The molecular weight excluding hydrogens is 320 g/mol. The topological polar surface area (TPSA) is 44.5 Å². The zero-order valence-corrected chi connectivity index (χ0v) is 11.5. The minimum atomic E-state index is -0.630. The molecule has 2 aromatic rings. The van der Waals surface area contributed by atoms with Crippen molar-refractivity contribution in [2.24, 2.45) is 0 Å². The fraction of sp³-hybridized carbons (Fsp3) is 0.0769. The number of nitrogen functional groups attached to an aromatic ring is 1. The number of anilines is 1. The molecule has 0 bridgehead atoms. The molecule has 0 saturated carbocycles.